The molecule has 0 N–H and O–H groups in total. The molecule has 0 aromatic rings. The van der Waals surface area contributed by atoms with E-state index < -0.39 is 0 Å². The fraction of sp³-hybridized carbons (Fsp3) is 0.947. The van der Waals surface area contributed by atoms with Crippen molar-refractivity contribution in [1.82, 2.24) is 9.80 Å². The average molecular weight is 309 g/mol. The van der Waals surface area contributed by atoms with Crippen LogP contribution in [-0.4, -0.2) is 48.4 Å². The second kappa shape index (κ2) is 9.54. The largest absolute Gasteiger partial charge is 0.343 e. The Morgan fingerprint density at radius 3 is 1.95 bits per heavy atom. The molecule has 0 saturated heterocycles. The van der Waals surface area contributed by atoms with Crippen molar-refractivity contribution in [2.24, 2.45) is 0 Å². The van der Waals surface area contributed by atoms with Crippen molar-refractivity contribution >= 4 is 5.91 Å². The predicted molar refractivity (Wildman–Crippen MR) is 93.0 cm³/mol. The summed E-state index contributed by atoms with van der Waals surface area (Å²) >= 11 is 0. The first kappa shape index (κ1) is 17.8. The van der Waals surface area contributed by atoms with Gasteiger partial charge in [-0.3, -0.25) is 4.79 Å². The number of hydrogen-bond donors (Lipinski definition) is 0. The van der Waals surface area contributed by atoms with Gasteiger partial charge in [0.25, 0.3) is 0 Å². The van der Waals surface area contributed by atoms with Gasteiger partial charge in [0.05, 0.1) is 0 Å². The highest BCUT2D eigenvalue weighted by molar-refractivity contribution is 5.76. The van der Waals surface area contributed by atoms with Gasteiger partial charge in [0.2, 0.25) is 5.91 Å². The fourth-order valence-electron chi connectivity index (χ4n) is 4.19. The lowest BCUT2D eigenvalue weighted by molar-refractivity contribution is -0.132. The Morgan fingerprint density at radius 2 is 1.36 bits per heavy atom. The van der Waals surface area contributed by atoms with E-state index in [0.29, 0.717) is 11.9 Å². The van der Waals surface area contributed by atoms with Gasteiger partial charge in [0.1, 0.15) is 0 Å². The van der Waals surface area contributed by atoms with Gasteiger partial charge in [-0.05, 0) is 52.1 Å². The van der Waals surface area contributed by atoms with Crippen LogP contribution in [0.1, 0.15) is 83.5 Å². The number of carbonyl (C=O) groups excluding carboxylic acids is 1. The van der Waals surface area contributed by atoms with Gasteiger partial charge in [-0.2, -0.15) is 0 Å². The van der Waals surface area contributed by atoms with E-state index >= 15 is 0 Å². The van der Waals surface area contributed by atoms with Crippen LogP contribution in [0.3, 0.4) is 0 Å². The van der Waals surface area contributed by atoms with E-state index in [1.165, 1.54) is 64.2 Å². The third-order valence-electron chi connectivity index (χ3n) is 5.87. The molecule has 3 nitrogen and oxygen atoms in total. The minimum absolute atomic E-state index is 0.368. The summed E-state index contributed by atoms with van der Waals surface area (Å²) in [6.45, 7) is 1.16. The van der Waals surface area contributed by atoms with E-state index in [2.05, 4.69) is 11.9 Å². The van der Waals surface area contributed by atoms with E-state index in [-0.39, 0.29) is 0 Å². The van der Waals surface area contributed by atoms with Crippen LogP contribution < -0.4 is 0 Å². The van der Waals surface area contributed by atoms with E-state index in [9.17, 15) is 4.79 Å². The zero-order valence-electron chi connectivity index (χ0n) is 14.9. The van der Waals surface area contributed by atoms with Crippen molar-refractivity contribution in [3.63, 3.8) is 0 Å². The summed E-state index contributed by atoms with van der Waals surface area (Å²) in [5.74, 6) is 0.368. The molecule has 2 aliphatic carbocycles. The highest BCUT2D eigenvalue weighted by Crippen LogP contribution is 2.23. The van der Waals surface area contributed by atoms with Crippen LogP contribution in [0.5, 0.6) is 0 Å². The third-order valence-corrected chi connectivity index (χ3v) is 5.87. The maximum atomic E-state index is 12.3. The second-order valence-corrected chi connectivity index (χ2v) is 7.53. The van der Waals surface area contributed by atoms with E-state index in [1.54, 1.807) is 0 Å². The Morgan fingerprint density at radius 1 is 0.818 bits per heavy atom. The number of carbonyl (C=O) groups is 1. The molecule has 0 unspecified atom stereocenters. The van der Waals surface area contributed by atoms with Gasteiger partial charge in [-0.15, -0.1) is 0 Å². The number of rotatable bonds is 7. The smallest absolute Gasteiger partial charge is 0.222 e. The van der Waals surface area contributed by atoms with Crippen LogP contribution in [0.2, 0.25) is 0 Å². The molecule has 0 heterocycles. The van der Waals surface area contributed by atoms with Crippen molar-refractivity contribution in [2.75, 3.05) is 20.6 Å². The van der Waals surface area contributed by atoms with Crippen LogP contribution in [0.25, 0.3) is 0 Å². The van der Waals surface area contributed by atoms with Crippen LogP contribution >= 0.6 is 0 Å². The second-order valence-electron chi connectivity index (χ2n) is 7.53. The molecule has 0 spiro atoms. The molecule has 2 fully saturated rings. The predicted octanol–water partition coefficient (Wildman–Crippen LogP) is 4.21. The quantitative estimate of drug-likeness (QED) is 0.658. The fourth-order valence-corrected chi connectivity index (χ4v) is 4.19. The summed E-state index contributed by atoms with van der Waals surface area (Å²) in [6.07, 6.45) is 16.3. The van der Waals surface area contributed by atoms with Crippen LogP contribution in [0, 0.1) is 0 Å². The van der Waals surface area contributed by atoms with Gasteiger partial charge in [0, 0.05) is 25.6 Å². The van der Waals surface area contributed by atoms with Crippen LogP contribution in [0.4, 0.5) is 0 Å². The zero-order valence-corrected chi connectivity index (χ0v) is 14.9. The summed E-state index contributed by atoms with van der Waals surface area (Å²) in [7, 11) is 4.29. The first-order valence-electron chi connectivity index (χ1n) is 9.64. The average Bonchev–Trinajstić information content (AvgIpc) is 2.59. The highest BCUT2D eigenvalue weighted by Gasteiger charge is 2.22. The SMILES string of the molecule is CN(CCCCC(=O)N(C)C1CCCCC1)C1CCCCC1. The van der Waals surface area contributed by atoms with Crippen molar-refractivity contribution in [1.29, 1.82) is 0 Å². The monoisotopic (exact) mass is 308 g/mol. The maximum Gasteiger partial charge on any atom is 0.222 e. The van der Waals surface area contributed by atoms with E-state index in [0.717, 1.165) is 31.8 Å². The standard InChI is InChI=1S/C19H36N2O/c1-20(17-11-5-3-6-12-17)16-10-9-15-19(22)21(2)18-13-7-4-8-14-18/h17-18H,3-16H2,1-2H3. The van der Waals surface area contributed by atoms with E-state index in [1.807, 2.05) is 11.9 Å². The van der Waals surface area contributed by atoms with Crippen molar-refractivity contribution in [2.45, 2.75) is 95.6 Å². The first-order valence-corrected chi connectivity index (χ1v) is 9.64. The van der Waals surface area contributed by atoms with Gasteiger partial charge < -0.3 is 9.80 Å². The Balaban J connectivity index is 1.58. The van der Waals surface area contributed by atoms with Gasteiger partial charge >= 0.3 is 0 Å². The Bertz CT molecular complexity index is 319. The zero-order chi connectivity index (χ0) is 15.8. The molecule has 0 aromatic heterocycles. The molecule has 0 bridgehead atoms. The minimum Gasteiger partial charge on any atom is -0.343 e. The molecule has 2 aliphatic rings. The molecular formula is C19H36N2O. The molecule has 0 atom stereocenters. The highest BCUT2D eigenvalue weighted by atomic mass is 16.2. The Kier molecular flexibility index (Phi) is 7.71. The number of nitrogens with zero attached hydrogens (tertiary/aromatic N) is 2. The molecule has 3 heteroatoms. The third kappa shape index (κ3) is 5.57. The molecule has 22 heavy (non-hydrogen) atoms. The van der Waals surface area contributed by atoms with Crippen molar-refractivity contribution in [3.8, 4) is 0 Å². The summed E-state index contributed by atoms with van der Waals surface area (Å²) in [5, 5.41) is 0. The summed E-state index contributed by atoms with van der Waals surface area (Å²) in [6, 6.07) is 1.32. The molecule has 1 amide bonds. The molecule has 0 aliphatic heterocycles. The molecule has 0 aromatic carbocycles. The topological polar surface area (TPSA) is 23.6 Å². The molecule has 2 saturated carbocycles. The molecule has 2 rings (SSSR count). The molecule has 0 radical (unpaired) electrons. The lowest BCUT2D eigenvalue weighted by Crippen LogP contribution is -2.38. The lowest BCUT2D eigenvalue weighted by Gasteiger charge is -2.32. The maximum absolute atomic E-state index is 12.3. The number of hydrogen-bond acceptors (Lipinski definition) is 2. The summed E-state index contributed by atoms with van der Waals surface area (Å²) in [5.41, 5.74) is 0. The van der Waals surface area contributed by atoms with Gasteiger partial charge in [0.15, 0.2) is 0 Å². The Labute approximate surface area is 137 Å². The summed E-state index contributed by atoms with van der Waals surface area (Å²) in [4.78, 5) is 16.9. The molecule has 128 valence electrons. The van der Waals surface area contributed by atoms with Crippen LogP contribution in [-0.2, 0) is 4.79 Å². The van der Waals surface area contributed by atoms with Gasteiger partial charge in [-0.1, -0.05) is 38.5 Å². The summed E-state index contributed by atoms with van der Waals surface area (Å²) < 4.78 is 0. The van der Waals surface area contributed by atoms with E-state index in [4.69, 9.17) is 0 Å². The van der Waals surface area contributed by atoms with Gasteiger partial charge in [-0.25, -0.2) is 0 Å². The molecular weight excluding hydrogens is 272 g/mol. The van der Waals surface area contributed by atoms with Crippen LogP contribution in [0.15, 0.2) is 0 Å². The first-order chi connectivity index (χ1) is 10.7. The van der Waals surface area contributed by atoms with Crippen molar-refractivity contribution in [3.05, 3.63) is 0 Å². The Hall–Kier alpha value is -0.570. The normalized spacial score (nSPS) is 21.2. The number of unbranched alkanes of at least 4 members (excludes halogenated alkanes) is 1. The van der Waals surface area contributed by atoms with Crippen molar-refractivity contribution < 1.29 is 4.79 Å². The lowest BCUT2D eigenvalue weighted by atomic mass is 9.94. The minimum atomic E-state index is 0.368. The number of amides is 1.